The summed E-state index contributed by atoms with van der Waals surface area (Å²) in [6.45, 7) is 2.12. The Kier molecular flexibility index (Phi) is 2.74. The molecule has 0 spiro atoms. The predicted molar refractivity (Wildman–Crippen MR) is 60.0 cm³/mol. The Morgan fingerprint density at radius 1 is 1.56 bits per heavy atom. The third-order valence-corrected chi connectivity index (χ3v) is 2.63. The summed E-state index contributed by atoms with van der Waals surface area (Å²) in [6, 6.07) is 4.85. The van der Waals surface area contributed by atoms with Gasteiger partial charge in [0, 0.05) is 6.93 Å². The van der Waals surface area contributed by atoms with E-state index in [2.05, 4.69) is 5.32 Å². The summed E-state index contributed by atoms with van der Waals surface area (Å²) in [5.41, 5.74) is 0.585. The molecule has 0 saturated heterocycles. The zero-order chi connectivity index (χ0) is 12.3. The molecule has 1 N–H and O–H groups in total. The minimum atomic E-state index is -0.312. The Morgan fingerprint density at radius 2 is 2.38 bits per heavy atom. The Bertz CT molecular complexity index is 422. The van der Waals surface area contributed by atoms with Gasteiger partial charge in [-0.2, -0.15) is 0 Å². The topological polar surface area (TPSA) is 47.6 Å². The first-order valence-electron chi connectivity index (χ1n) is 5.93. The van der Waals surface area contributed by atoms with Crippen LogP contribution in [0.25, 0.3) is 0 Å². The van der Waals surface area contributed by atoms with Crippen LogP contribution in [0.3, 0.4) is 0 Å². The summed E-state index contributed by atoms with van der Waals surface area (Å²) < 4.78 is 17.5. The fourth-order valence-electron chi connectivity index (χ4n) is 1.67. The number of carbonyl (C=O) groups excluding carboxylic acids is 1. The minimum absolute atomic E-state index is 0.0157. The van der Waals surface area contributed by atoms with E-state index < -0.39 is 0 Å². The number of nitrogens with one attached hydrogen (secondary N) is 1. The van der Waals surface area contributed by atoms with Gasteiger partial charge in [-0.1, -0.05) is 6.92 Å². The highest BCUT2D eigenvalue weighted by Gasteiger charge is 2.20. The molecule has 16 heavy (non-hydrogen) atoms. The number of ether oxygens (including phenoxy) is 2. The van der Waals surface area contributed by atoms with Crippen LogP contribution in [0.4, 0.5) is 0 Å². The summed E-state index contributed by atoms with van der Waals surface area (Å²) >= 11 is 0. The number of hydrogen-bond donors (Lipinski definition) is 1. The summed E-state index contributed by atoms with van der Waals surface area (Å²) in [5.74, 6) is 1.26. The number of Topliss-reactive ketones (excluding diaryl/α,β-unsaturated/α-hetero) is 1. The Labute approximate surface area is 96.0 Å². The van der Waals surface area contributed by atoms with Crippen LogP contribution in [0.5, 0.6) is 11.5 Å². The maximum atomic E-state index is 12.1. The van der Waals surface area contributed by atoms with Crippen molar-refractivity contribution in [1.82, 2.24) is 5.32 Å². The van der Waals surface area contributed by atoms with Gasteiger partial charge in [0.05, 0.1) is 6.04 Å². The number of likely N-dealkylation sites (N-methyl/N-ethyl adjacent to an activating group) is 1. The summed E-state index contributed by atoms with van der Waals surface area (Å²) in [6.07, 6.45) is 0.659. The SMILES string of the molecule is [2H]CNC(CC)C(=O)c1ccc2c(c1)OCO2. The van der Waals surface area contributed by atoms with Gasteiger partial charge in [-0.15, -0.1) is 0 Å². The second-order valence-corrected chi connectivity index (χ2v) is 3.60. The van der Waals surface area contributed by atoms with Gasteiger partial charge >= 0.3 is 0 Å². The molecule has 0 aromatic heterocycles. The van der Waals surface area contributed by atoms with E-state index in [-0.39, 0.29) is 25.6 Å². The molecule has 2 rings (SSSR count). The molecule has 0 saturated carbocycles. The molecule has 0 fully saturated rings. The predicted octanol–water partition coefficient (Wildman–Crippen LogP) is 1.60. The minimum Gasteiger partial charge on any atom is -0.454 e. The van der Waals surface area contributed by atoms with Crippen molar-refractivity contribution in [3.63, 3.8) is 0 Å². The first-order valence-corrected chi connectivity index (χ1v) is 5.22. The number of benzene rings is 1. The largest absolute Gasteiger partial charge is 0.454 e. The maximum absolute atomic E-state index is 12.1. The fraction of sp³-hybridized carbons (Fsp3) is 0.417. The molecule has 0 radical (unpaired) electrons. The molecule has 1 unspecified atom stereocenters. The smallest absolute Gasteiger partial charge is 0.231 e. The van der Waals surface area contributed by atoms with E-state index in [1.54, 1.807) is 18.2 Å². The number of ketones is 1. The average Bonchev–Trinajstić information content (AvgIpc) is 2.82. The molecule has 4 nitrogen and oxygen atoms in total. The summed E-state index contributed by atoms with van der Waals surface area (Å²) in [4.78, 5) is 12.1. The highest BCUT2D eigenvalue weighted by molar-refractivity contribution is 6.00. The third-order valence-electron chi connectivity index (χ3n) is 2.63. The lowest BCUT2D eigenvalue weighted by Crippen LogP contribution is -2.33. The first-order chi connectivity index (χ1) is 8.26. The average molecular weight is 222 g/mol. The van der Waals surface area contributed by atoms with Crippen LogP contribution in [0.2, 0.25) is 0 Å². The first kappa shape index (κ1) is 9.66. The number of rotatable bonds is 4. The fourth-order valence-corrected chi connectivity index (χ4v) is 1.67. The molecular weight excluding hydrogens is 206 g/mol. The normalized spacial score (nSPS) is 15.7. The Morgan fingerprint density at radius 3 is 3.12 bits per heavy atom. The van der Waals surface area contributed by atoms with Crippen molar-refractivity contribution in [3.8, 4) is 11.5 Å². The van der Waals surface area contributed by atoms with Crippen LogP contribution < -0.4 is 14.8 Å². The van der Waals surface area contributed by atoms with Gasteiger partial charge in [0.2, 0.25) is 6.79 Å². The lowest BCUT2D eigenvalue weighted by molar-refractivity contribution is 0.0944. The number of hydrogen-bond acceptors (Lipinski definition) is 4. The molecule has 0 amide bonds. The van der Waals surface area contributed by atoms with E-state index in [1.807, 2.05) is 6.92 Å². The van der Waals surface area contributed by atoms with E-state index in [1.165, 1.54) is 0 Å². The van der Waals surface area contributed by atoms with Crippen LogP contribution in [-0.4, -0.2) is 25.6 Å². The Hall–Kier alpha value is -1.55. The van der Waals surface area contributed by atoms with Crippen molar-refractivity contribution in [2.75, 3.05) is 13.8 Å². The monoisotopic (exact) mass is 222 g/mol. The van der Waals surface area contributed by atoms with Crippen LogP contribution in [0.15, 0.2) is 18.2 Å². The lowest BCUT2D eigenvalue weighted by Gasteiger charge is -2.12. The summed E-state index contributed by atoms with van der Waals surface area (Å²) in [7, 11) is 0.0365. The molecule has 1 aliphatic rings. The van der Waals surface area contributed by atoms with E-state index in [0.717, 1.165) is 0 Å². The third kappa shape index (κ3) is 1.88. The molecule has 1 aliphatic heterocycles. The molecule has 1 atom stereocenters. The van der Waals surface area contributed by atoms with Crippen molar-refractivity contribution < 1.29 is 15.6 Å². The molecule has 1 aromatic carbocycles. The van der Waals surface area contributed by atoms with Crippen molar-refractivity contribution in [3.05, 3.63) is 23.8 Å². The zero-order valence-electron chi connectivity index (χ0n) is 10.2. The summed E-state index contributed by atoms with van der Waals surface area (Å²) in [5, 5.41) is 2.84. The van der Waals surface area contributed by atoms with Gasteiger partial charge in [0.15, 0.2) is 17.3 Å². The van der Waals surface area contributed by atoms with E-state index in [0.29, 0.717) is 23.5 Å². The van der Waals surface area contributed by atoms with E-state index in [4.69, 9.17) is 10.8 Å². The molecule has 86 valence electrons. The van der Waals surface area contributed by atoms with E-state index in [9.17, 15) is 4.79 Å². The molecule has 1 aromatic rings. The van der Waals surface area contributed by atoms with Gasteiger partial charge in [-0.05, 0) is 31.6 Å². The molecule has 0 bridgehead atoms. The maximum Gasteiger partial charge on any atom is 0.231 e. The van der Waals surface area contributed by atoms with Crippen molar-refractivity contribution in [2.45, 2.75) is 19.4 Å². The highest BCUT2D eigenvalue weighted by atomic mass is 16.7. The van der Waals surface area contributed by atoms with Gasteiger partial charge in [0.1, 0.15) is 0 Å². The van der Waals surface area contributed by atoms with Gasteiger partial charge < -0.3 is 14.8 Å². The van der Waals surface area contributed by atoms with Crippen LogP contribution in [0.1, 0.15) is 25.1 Å². The lowest BCUT2D eigenvalue weighted by atomic mass is 10.0. The van der Waals surface area contributed by atoms with Gasteiger partial charge in [-0.25, -0.2) is 0 Å². The van der Waals surface area contributed by atoms with Gasteiger partial charge in [-0.3, -0.25) is 4.79 Å². The molecular formula is C12H15NO3. The molecule has 4 heteroatoms. The van der Waals surface area contributed by atoms with Crippen LogP contribution in [-0.2, 0) is 0 Å². The van der Waals surface area contributed by atoms with Gasteiger partial charge in [0.25, 0.3) is 0 Å². The number of fused-ring (bicyclic) bond motifs is 1. The quantitative estimate of drug-likeness (QED) is 0.786. The standard InChI is InChI=1S/C12H15NO3/c1-3-9(13-2)12(14)8-4-5-10-11(6-8)16-7-15-10/h4-6,9,13H,3,7H2,1-2H3/i2D. The van der Waals surface area contributed by atoms with Crippen molar-refractivity contribution >= 4 is 5.78 Å². The van der Waals surface area contributed by atoms with Crippen LogP contribution >= 0.6 is 0 Å². The molecule has 0 aliphatic carbocycles. The van der Waals surface area contributed by atoms with E-state index >= 15 is 0 Å². The van der Waals surface area contributed by atoms with Crippen molar-refractivity contribution in [2.24, 2.45) is 0 Å². The second-order valence-electron chi connectivity index (χ2n) is 3.60. The Balaban J connectivity index is 2.19. The zero-order valence-corrected chi connectivity index (χ0v) is 9.16. The van der Waals surface area contributed by atoms with Crippen LogP contribution in [0, 0.1) is 0 Å². The van der Waals surface area contributed by atoms with Crippen molar-refractivity contribution in [1.29, 1.82) is 0 Å². The second kappa shape index (κ2) is 4.53. The molecule has 1 heterocycles. The highest BCUT2D eigenvalue weighted by Crippen LogP contribution is 2.32. The number of carbonyl (C=O) groups is 1.